The molecule has 1 aliphatic rings. The normalized spacial score (nSPS) is 17.5. The Morgan fingerprint density at radius 1 is 1.04 bits per heavy atom. The Kier molecular flexibility index (Phi) is 6.04. The van der Waals surface area contributed by atoms with E-state index in [2.05, 4.69) is 12.1 Å². The Bertz CT molecular complexity index is 738. The third kappa shape index (κ3) is 4.31. The van der Waals surface area contributed by atoms with Crippen LogP contribution in [0.3, 0.4) is 0 Å². The van der Waals surface area contributed by atoms with E-state index in [0.717, 1.165) is 30.8 Å². The van der Waals surface area contributed by atoms with Crippen LogP contribution in [0.1, 0.15) is 41.1 Å². The molecular weight excluding hydrogens is 350 g/mol. The zero-order valence-corrected chi connectivity index (χ0v) is 16.0. The first-order valence-corrected chi connectivity index (χ1v) is 9.26. The van der Waals surface area contributed by atoms with Gasteiger partial charge in [-0.25, -0.2) is 0 Å². The highest BCUT2D eigenvalue weighted by Gasteiger charge is 2.24. The van der Waals surface area contributed by atoms with Gasteiger partial charge in [0.15, 0.2) is 0 Å². The highest BCUT2D eigenvalue weighted by atomic mass is 35.5. The van der Waals surface area contributed by atoms with Gasteiger partial charge in [0.25, 0.3) is 5.91 Å². The Morgan fingerprint density at radius 2 is 1.69 bits per heavy atom. The summed E-state index contributed by atoms with van der Waals surface area (Å²) in [6, 6.07) is 13.3. The summed E-state index contributed by atoms with van der Waals surface area (Å²) in [5.74, 6) is 1.59. The van der Waals surface area contributed by atoms with Crippen LogP contribution in [0.15, 0.2) is 42.5 Å². The van der Waals surface area contributed by atoms with Crippen LogP contribution in [0.25, 0.3) is 0 Å². The average molecular weight is 374 g/mol. The van der Waals surface area contributed by atoms with Gasteiger partial charge < -0.3 is 14.4 Å². The maximum Gasteiger partial charge on any atom is 0.254 e. The maximum absolute atomic E-state index is 13.1. The van der Waals surface area contributed by atoms with Gasteiger partial charge in [-0.05, 0) is 42.7 Å². The summed E-state index contributed by atoms with van der Waals surface area (Å²) < 4.78 is 10.6. The smallest absolute Gasteiger partial charge is 0.254 e. The molecule has 1 heterocycles. The van der Waals surface area contributed by atoms with Crippen LogP contribution < -0.4 is 9.47 Å². The fraction of sp³-hybridized carbons (Fsp3) is 0.381. The Balaban J connectivity index is 1.82. The van der Waals surface area contributed by atoms with Gasteiger partial charge in [0.1, 0.15) is 11.5 Å². The highest BCUT2D eigenvalue weighted by Crippen LogP contribution is 2.29. The number of likely N-dealkylation sites (tertiary alicyclic amines) is 1. The van der Waals surface area contributed by atoms with Gasteiger partial charge in [-0.1, -0.05) is 30.2 Å². The van der Waals surface area contributed by atoms with Crippen LogP contribution >= 0.6 is 11.6 Å². The molecule has 0 saturated carbocycles. The fourth-order valence-corrected chi connectivity index (χ4v) is 3.57. The molecular formula is C21H24ClNO3. The molecule has 0 aromatic heterocycles. The molecule has 2 aromatic rings. The molecule has 0 radical (unpaired) electrons. The second-order valence-electron chi connectivity index (χ2n) is 6.60. The molecule has 5 heteroatoms. The van der Waals surface area contributed by atoms with Gasteiger partial charge >= 0.3 is 0 Å². The number of benzene rings is 2. The number of hydrogen-bond acceptors (Lipinski definition) is 3. The lowest BCUT2D eigenvalue weighted by Crippen LogP contribution is -2.34. The highest BCUT2D eigenvalue weighted by molar-refractivity contribution is 6.30. The minimum absolute atomic E-state index is 0.0167. The Hall–Kier alpha value is -2.20. The second-order valence-corrected chi connectivity index (χ2v) is 7.03. The van der Waals surface area contributed by atoms with Crippen LogP contribution in [0.4, 0.5) is 0 Å². The van der Waals surface area contributed by atoms with E-state index in [0.29, 0.717) is 29.5 Å². The lowest BCUT2D eigenvalue weighted by molar-refractivity contribution is 0.0753. The van der Waals surface area contributed by atoms with Crippen molar-refractivity contribution in [1.29, 1.82) is 0 Å². The summed E-state index contributed by atoms with van der Waals surface area (Å²) in [5, 5.41) is 0.735. The Morgan fingerprint density at radius 3 is 2.31 bits per heavy atom. The SMILES string of the molecule is COc1cc(OC)cc(C(=O)N2CCCCC(c3ccc(Cl)cc3)C2)c1. The van der Waals surface area contributed by atoms with E-state index in [-0.39, 0.29) is 5.91 Å². The van der Waals surface area contributed by atoms with E-state index in [1.165, 1.54) is 5.56 Å². The minimum Gasteiger partial charge on any atom is -0.497 e. The van der Waals surface area contributed by atoms with E-state index in [9.17, 15) is 4.79 Å². The quantitative estimate of drug-likeness (QED) is 0.775. The summed E-state index contributed by atoms with van der Waals surface area (Å²) >= 11 is 6.01. The average Bonchev–Trinajstić information content (AvgIpc) is 2.93. The van der Waals surface area contributed by atoms with Crippen molar-refractivity contribution in [3.05, 3.63) is 58.6 Å². The molecule has 1 unspecified atom stereocenters. The number of ether oxygens (including phenoxy) is 2. The van der Waals surface area contributed by atoms with Crippen LogP contribution in [-0.2, 0) is 0 Å². The van der Waals surface area contributed by atoms with Crippen LogP contribution in [0.2, 0.25) is 5.02 Å². The zero-order valence-electron chi connectivity index (χ0n) is 15.2. The van der Waals surface area contributed by atoms with E-state index < -0.39 is 0 Å². The van der Waals surface area contributed by atoms with E-state index >= 15 is 0 Å². The predicted octanol–water partition coefficient (Wildman–Crippen LogP) is 4.77. The first-order valence-electron chi connectivity index (χ1n) is 8.88. The molecule has 0 bridgehead atoms. The van der Waals surface area contributed by atoms with Gasteiger partial charge in [-0.3, -0.25) is 4.79 Å². The lowest BCUT2D eigenvalue weighted by Gasteiger charge is -2.25. The number of methoxy groups -OCH3 is 2. The standard InChI is InChI=1S/C21H24ClNO3/c1-25-19-11-17(12-20(13-19)26-2)21(24)23-10-4-3-5-16(14-23)15-6-8-18(22)9-7-15/h6-9,11-13,16H,3-5,10,14H2,1-2H3. The number of nitrogens with zero attached hydrogens (tertiary/aromatic N) is 1. The van der Waals surface area contributed by atoms with Gasteiger partial charge in [-0.2, -0.15) is 0 Å². The van der Waals surface area contributed by atoms with Crippen molar-refractivity contribution >= 4 is 17.5 Å². The van der Waals surface area contributed by atoms with Crippen molar-refractivity contribution in [1.82, 2.24) is 4.90 Å². The third-order valence-corrected chi connectivity index (χ3v) is 5.15. The van der Waals surface area contributed by atoms with Crippen molar-refractivity contribution < 1.29 is 14.3 Å². The van der Waals surface area contributed by atoms with E-state index in [4.69, 9.17) is 21.1 Å². The molecule has 1 fully saturated rings. The molecule has 1 saturated heterocycles. The fourth-order valence-electron chi connectivity index (χ4n) is 3.45. The number of rotatable bonds is 4. The first kappa shape index (κ1) is 18.6. The molecule has 3 rings (SSSR count). The molecule has 1 atom stereocenters. The number of halogens is 1. The summed E-state index contributed by atoms with van der Waals surface area (Å²) in [5.41, 5.74) is 1.83. The lowest BCUT2D eigenvalue weighted by atomic mass is 9.94. The minimum atomic E-state index is 0.0167. The molecule has 1 amide bonds. The van der Waals surface area contributed by atoms with E-state index in [1.54, 1.807) is 32.4 Å². The Labute approximate surface area is 159 Å². The molecule has 1 aliphatic heterocycles. The zero-order chi connectivity index (χ0) is 18.5. The number of carbonyl (C=O) groups is 1. The van der Waals surface area contributed by atoms with Crippen LogP contribution in [0, 0.1) is 0 Å². The number of carbonyl (C=O) groups excluding carboxylic acids is 1. The summed E-state index contributed by atoms with van der Waals surface area (Å²) in [7, 11) is 3.18. The molecule has 138 valence electrons. The first-order chi connectivity index (χ1) is 12.6. The summed E-state index contributed by atoms with van der Waals surface area (Å²) in [6.07, 6.45) is 3.20. The molecule has 0 aliphatic carbocycles. The van der Waals surface area contributed by atoms with Crippen molar-refractivity contribution in [2.24, 2.45) is 0 Å². The topological polar surface area (TPSA) is 38.8 Å². The van der Waals surface area contributed by atoms with Gasteiger partial charge in [0, 0.05) is 35.7 Å². The predicted molar refractivity (Wildman–Crippen MR) is 103 cm³/mol. The molecule has 4 nitrogen and oxygen atoms in total. The maximum atomic E-state index is 13.1. The van der Waals surface area contributed by atoms with Gasteiger partial charge in [0.2, 0.25) is 0 Å². The molecule has 0 N–H and O–H groups in total. The van der Waals surface area contributed by atoms with Crippen molar-refractivity contribution in [2.45, 2.75) is 25.2 Å². The van der Waals surface area contributed by atoms with Gasteiger partial charge in [0.05, 0.1) is 14.2 Å². The summed E-state index contributed by atoms with van der Waals surface area (Å²) in [6.45, 7) is 1.47. The van der Waals surface area contributed by atoms with Gasteiger partial charge in [-0.15, -0.1) is 0 Å². The largest absolute Gasteiger partial charge is 0.497 e. The van der Waals surface area contributed by atoms with E-state index in [1.807, 2.05) is 17.0 Å². The third-order valence-electron chi connectivity index (χ3n) is 4.90. The molecule has 26 heavy (non-hydrogen) atoms. The summed E-state index contributed by atoms with van der Waals surface area (Å²) in [4.78, 5) is 15.1. The molecule has 0 spiro atoms. The van der Waals surface area contributed by atoms with Crippen molar-refractivity contribution in [3.63, 3.8) is 0 Å². The molecule has 2 aromatic carbocycles. The second kappa shape index (κ2) is 8.45. The van der Waals surface area contributed by atoms with Crippen molar-refractivity contribution in [2.75, 3.05) is 27.3 Å². The number of hydrogen-bond donors (Lipinski definition) is 0. The van der Waals surface area contributed by atoms with Crippen LogP contribution in [-0.4, -0.2) is 38.1 Å². The number of amides is 1. The monoisotopic (exact) mass is 373 g/mol. The van der Waals surface area contributed by atoms with Crippen LogP contribution in [0.5, 0.6) is 11.5 Å². The van der Waals surface area contributed by atoms with Crippen molar-refractivity contribution in [3.8, 4) is 11.5 Å².